The monoisotopic (exact) mass is 530 g/mol. The van der Waals surface area contributed by atoms with Crippen molar-refractivity contribution in [1.29, 1.82) is 0 Å². The van der Waals surface area contributed by atoms with Crippen LogP contribution in [-0.2, 0) is 29.0 Å². The molecule has 0 aliphatic carbocycles. The lowest BCUT2D eigenvalue weighted by atomic mass is 10.0. The summed E-state index contributed by atoms with van der Waals surface area (Å²) in [6.45, 7) is 4.80. The quantitative estimate of drug-likeness (QED) is 0.320. The van der Waals surface area contributed by atoms with Crippen molar-refractivity contribution in [1.82, 2.24) is 10.2 Å². The van der Waals surface area contributed by atoms with Crippen molar-refractivity contribution in [3.8, 4) is 0 Å². The topological polar surface area (TPSA) is 49.4 Å². The van der Waals surface area contributed by atoms with E-state index in [0.717, 1.165) is 16.7 Å². The molecule has 2 amide bonds. The van der Waals surface area contributed by atoms with Crippen LogP contribution in [0.5, 0.6) is 0 Å². The maximum absolute atomic E-state index is 13.7. The number of hydrogen-bond acceptors (Lipinski definition) is 2. The van der Waals surface area contributed by atoms with Gasteiger partial charge in [0.05, 0.1) is 16.5 Å². The van der Waals surface area contributed by atoms with E-state index in [1.54, 1.807) is 29.2 Å². The van der Waals surface area contributed by atoms with Gasteiger partial charge in [-0.05, 0) is 46.9 Å². The van der Waals surface area contributed by atoms with Crippen LogP contribution >= 0.6 is 34.8 Å². The van der Waals surface area contributed by atoms with E-state index in [1.165, 1.54) is 0 Å². The zero-order valence-corrected chi connectivity index (χ0v) is 22.1. The third kappa shape index (κ3) is 8.28. The zero-order chi connectivity index (χ0) is 25.4. The van der Waals surface area contributed by atoms with Crippen LogP contribution in [0.2, 0.25) is 15.1 Å². The highest BCUT2D eigenvalue weighted by Crippen LogP contribution is 2.25. The van der Waals surface area contributed by atoms with Gasteiger partial charge in [-0.3, -0.25) is 9.59 Å². The molecule has 184 valence electrons. The smallest absolute Gasteiger partial charge is 0.243 e. The van der Waals surface area contributed by atoms with E-state index in [9.17, 15) is 9.59 Å². The van der Waals surface area contributed by atoms with Crippen LogP contribution in [0, 0.1) is 5.92 Å². The first-order valence-electron chi connectivity index (χ1n) is 11.5. The number of carbonyl (C=O) groups excluding carboxylic acids is 2. The summed E-state index contributed by atoms with van der Waals surface area (Å²) in [5, 5.41) is 4.40. The summed E-state index contributed by atoms with van der Waals surface area (Å²) in [6, 6.07) is 21.4. The Hall–Kier alpha value is -2.53. The minimum absolute atomic E-state index is 0.116. The molecule has 35 heavy (non-hydrogen) atoms. The molecule has 3 aromatic carbocycles. The van der Waals surface area contributed by atoms with Crippen LogP contribution in [-0.4, -0.2) is 29.3 Å². The van der Waals surface area contributed by atoms with Crippen LogP contribution in [0.4, 0.5) is 0 Å². The second-order valence-corrected chi connectivity index (χ2v) is 10.2. The molecule has 0 fully saturated rings. The van der Waals surface area contributed by atoms with E-state index in [4.69, 9.17) is 34.8 Å². The fourth-order valence-corrected chi connectivity index (χ4v) is 4.27. The van der Waals surface area contributed by atoms with Gasteiger partial charge in [-0.15, -0.1) is 0 Å². The summed E-state index contributed by atoms with van der Waals surface area (Å²) in [7, 11) is 0. The van der Waals surface area contributed by atoms with Crippen LogP contribution in [0.15, 0.2) is 72.8 Å². The number of carbonyl (C=O) groups is 2. The number of nitrogens with one attached hydrogen (secondary N) is 1. The lowest BCUT2D eigenvalue weighted by Crippen LogP contribution is -2.51. The first-order chi connectivity index (χ1) is 16.7. The zero-order valence-electron chi connectivity index (χ0n) is 19.8. The molecule has 0 saturated heterocycles. The Bertz CT molecular complexity index is 1150. The van der Waals surface area contributed by atoms with E-state index < -0.39 is 6.04 Å². The molecule has 3 rings (SSSR count). The van der Waals surface area contributed by atoms with Gasteiger partial charge in [-0.1, -0.05) is 97.2 Å². The van der Waals surface area contributed by atoms with Gasteiger partial charge in [0.25, 0.3) is 0 Å². The second kappa shape index (κ2) is 13.0. The van der Waals surface area contributed by atoms with Crippen molar-refractivity contribution in [3.05, 3.63) is 105 Å². The van der Waals surface area contributed by atoms with E-state index in [0.29, 0.717) is 28.0 Å². The molecule has 0 saturated carbocycles. The largest absolute Gasteiger partial charge is 0.354 e. The minimum Gasteiger partial charge on any atom is -0.354 e. The molecule has 4 nitrogen and oxygen atoms in total. The van der Waals surface area contributed by atoms with Crippen molar-refractivity contribution >= 4 is 46.6 Å². The fraction of sp³-hybridized carbons (Fsp3) is 0.286. The summed E-state index contributed by atoms with van der Waals surface area (Å²) in [5.41, 5.74) is 2.53. The maximum atomic E-state index is 13.7. The highest BCUT2D eigenvalue weighted by Gasteiger charge is 2.30. The van der Waals surface area contributed by atoms with E-state index in [2.05, 4.69) is 5.32 Å². The minimum atomic E-state index is -0.711. The number of hydrogen-bond donors (Lipinski definition) is 1. The van der Waals surface area contributed by atoms with Crippen LogP contribution in [0.25, 0.3) is 0 Å². The molecule has 1 N–H and O–H groups in total. The second-order valence-electron chi connectivity index (χ2n) is 8.92. The molecule has 0 bridgehead atoms. The highest BCUT2D eigenvalue weighted by molar-refractivity contribution is 6.42. The Morgan fingerprint density at radius 1 is 0.829 bits per heavy atom. The number of nitrogens with zero attached hydrogens (tertiary/aromatic N) is 1. The molecule has 0 radical (unpaired) electrons. The predicted molar refractivity (Wildman–Crippen MR) is 144 cm³/mol. The average Bonchev–Trinajstić information content (AvgIpc) is 2.82. The first-order valence-corrected chi connectivity index (χ1v) is 12.7. The molecular formula is C28H29Cl3N2O2. The molecule has 0 heterocycles. The van der Waals surface area contributed by atoms with Gasteiger partial charge in [0.1, 0.15) is 6.04 Å². The van der Waals surface area contributed by atoms with Crippen molar-refractivity contribution in [3.63, 3.8) is 0 Å². The Kier molecular flexibility index (Phi) is 10.0. The SMILES string of the molecule is CC(C)CNC(=O)[C@@H](Cc1ccccc1)N(Cc1ccc(Cl)c(Cl)c1)C(=O)Cc1cccc(Cl)c1. The van der Waals surface area contributed by atoms with Crippen LogP contribution in [0.1, 0.15) is 30.5 Å². The fourth-order valence-electron chi connectivity index (χ4n) is 3.73. The Morgan fingerprint density at radius 3 is 2.20 bits per heavy atom. The van der Waals surface area contributed by atoms with Gasteiger partial charge in [0.2, 0.25) is 11.8 Å². The Balaban J connectivity index is 1.97. The molecular weight excluding hydrogens is 503 g/mol. The molecule has 0 aliphatic rings. The first kappa shape index (κ1) is 27.1. The molecule has 0 unspecified atom stereocenters. The van der Waals surface area contributed by atoms with Gasteiger partial charge in [0, 0.05) is 24.5 Å². The maximum Gasteiger partial charge on any atom is 0.243 e. The third-order valence-electron chi connectivity index (χ3n) is 5.54. The lowest BCUT2D eigenvalue weighted by molar-refractivity contribution is -0.140. The Labute approximate surface area is 222 Å². The van der Waals surface area contributed by atoms with Crippen LogP contribution < -0.4 is 5.32 Å². The van der Waals surface area contributed by atoms with E-state index >= 15 is 0 Å². The van der Waals surface area contributed by atoms with E-state index in [-0.39, 0.29) is 30.7 Å². The molecule has 3 aromatic rings. The number of rotatable bonds is 10. The summed E-state index contributed by atoms with van der Waals surface area (Å²) >= 11 is 18.5. The molecule has 0 aromatic heterocycles. The summed E-state index contributed by atoms with van der Waals surface area (Å²) in [4.78, 5) is 28.8. The summed E-state index contributed by atoms with van der Waals surface area (Å²) in [6.07, 6.45) is 0.498. The van der Waals surface area contributed by atoms with Crippen molar-refractivity contribution in [2.45, 2.75) is 39.3 Å². The third-order valence-corrected chi connectivity index (χ3v) is 6.51. The molecule has 7 heteroatoms. The molecule has 1 atom stereocenters. The van der Waals surface area contributed by atoms with Crippen molar-refractivity contribution in [2.75, 3.05) is 6.54 Å². The van der Waals surface area contributed by atoms with Gasteiger partial charge >= 0.3 is 0 Å². The standard InChI is InChI=1S/C28H29Cl3N2O2/c1-19(2)17-32-28(35)26(15-20-7-4-3-5-8-20)33(18-22-11-12-24(30)25(31)14-22)27(34)16-21-9-6-10-23(29)13-21/h3-14,19,26H,15-18H2,1-2H3,(H,32,35)/t26-/m1/s1. The molecule has 0 aliphatic heterocycles. The summed E-state index contributed by atoms with van der Waals surface area (Å²) < 4.78 is 0. The van der Waals surface area contributed by atoms with Crippen LogP contribution in [0.3, 0.4) is 0 Å². The number of amides is 2. The van der Waals surface area contributed by atoms with E-state index in [1.807, 2.05) is 62.4 Å². The Morgan fingerprint density at radius 2 is 1.54 bits per heavy atom. The summed E-state index contributed by atoms with van der Waals surface area (Å²) in [5.74, 6) is -0.0944. The van der Waals surface area contributed by atoms with Crippen molar-refractivity contribution in [2.24, 2.45) is 5.92 Å². The normalized spacial score (nSPS) is 11.8. The number of benzene rings is 3. The lowest BCUT2D eigenvalue weighted by Gasteiger charge is -2.32. The van der Waals surface area contributed by atoms with Gasteiger partial charge in [-0.2, -0.15) is 0 Å². The van der Waals surface area contributed by atoms with Gasteiger partial charge in [-0.25, -0.2) is 0 Å². The molecule has 0 spiro atoms. The number of halogens is 3. The van der Waals surface area contributed by atoms with Gasteiger partial charge in [0.15, 0.2) is 0 Å². The average molecular weight is 532 g/mol. The highest BCUT2D eigenvalue weighted by atomic mass is 35.5. The van der Waals surface area contributed by atoms with Gasteiger partial charge < -0.3 is 10.2 Å². The predicted octanol–water partition coefficient (Wildman–Crippen LogP) is 6.60. The van der Waals surface area contributed by atoms with Crippen molar-refractivity contribution < 1.29 is 9.59 Å².